The minimum absolute atomic E-state index is 0. The van der Waals surface area contributed by atoms with E-state index >= 15 is 0 Å². The van der Waals surface area contributed by atoms with Crippen LogP contribution in [0.3, 0.4) is 0 Å². The lowest BCUT2D eigenvalue weighted by Crippen LogP contribution is -2.52. The summed E-state index contributed by atoms with van der Waals surface area (Å²) in [5.41, 5.74) is 0.158. The fourth-order valence-electron chi connectivity index (χ4n) is 3.26. The van der Waals surface area contributed by atoms with Crippen LogP contribution in [-0.4, -0.2) is 49.0 Å². The van der Waals surface area contributed by atoms with Crippen LogP contribution in [-0.2, 0) is 4.79 Å². The van der Waals surface area contributed by atoms with Gasteiger partial charge in [0, 0.05) is 25.7 Å². The molecule has 0 aromatic carbocycles. The predicted octanol–water partition coefficient (Wildman–Crippen LogP) is 3.00. The summed E-state index contributed by atoms with van der Waals surface area (Å²) >= 11 is 0. The molecule has 1 amide bonds. The molecule has 1 aliphatic rings. The normalized spacial score (nSPS) is 22.3. The Morgan fingerprint density at radius 2 is 2.00 bits per heavy atom. The number of hydrogen-bond acceptors (Lipinski definition) is 2. The molecule has 0 aromatic rings. The van der Waals surface area contributed by atoms with Crippen molar-refractivity contribution in [2.75, 3.05) is 26.7 Å². The summed E-state index contributed by atoms with van der Waals surface area (Å²) in [5.74, 6) is 0.841. The zero-order valence-corrected chi connectivity index (χ0v) is 18.0. The van der Waals surface area contributed by atoms with Crippen molar-refractivity contribution in [2.45, 2.75) is 65.8 Å². The quantitative estimate of drug-likeness (QED) is 0.403. The minimum atomic E-state index is -0.201. The molecule has 5 nitrogen and oxygen atoms in total. The second-order valence-corrected chi connectivity index (χ2v) is 7.78. The highest BCUT2D eigenvalue weighted by atomic mass is 127. The van der Waals surface area contributed by atoms with Crippen LogP contribution < -0.4 is 10.6 Å². The molecular formula is C17H35IN4O. The van der Waals surface area contributed by atoms with Crippen molar-refractivity contribution >= 4 is 35.8 Å². The van der Waals surface area contributed by atoms with Crippen LogP contribution in [0.4, 0.5) is 0 Å². The van der Waals surface area contributed by atoms with E-state index in [0.29, 0.717) is 5.41 Å². The fourth-order valence-corrected chi connectivity index (χ4v) is 3.26. The van der Waals surface area contributed by atoms with Gasteiger partial charge >= 0.3 is 0 Å². The summed E-state index contributed by atoms with van der Waals surface area (Å²) < 4.78 is 0. The first-order valence-electron chi connectivity index (χ1n) is 8.46. The second-order valence-electron chi connectivity index (χ2n) is 7.78. The molecule has 0 saturated carbocycles. The molecule has 0 radical (unpaired) electrons. The molecule has 1 heterocycles. The van der Waals surface area contributed by atoms with E-state index in [1.807, 2.05) is 20.8 Å². The first-order valence-corrected chi connectivity index (χ1v) is 8.46. The van der Waals surface area contributed by atoms with Gasteiger partial charge in [0.1, 0.15) is 0 Å². The maximum atomic E-state index is 11.9. The van der Waals surface area contributed by atoms with E-state index in [0.717, 1.165) is 19.0 Å². The molecule has 1 aliphatic heterocycles. The van der Waals surface area contributed by atoms with Crippen LogP contribution in [0, 0.1) is 5.41 Å². The van der Waals surface area contributed by atoms with Gasteiger partial charge in [-0.15, -0.1) is 24.0 Å². The molecular weight excluding hydrogens is 403 g/mol. The number of carbonyl (C=O) groups is 1. The van der Waals surface area contributed by atoms with Gasteiger partial charge in [0.25, 0.3) is 0 Å². The highest BCUT2D eigenvalue weighted by molar-refractivity contribution is 14.0. The number of rotatable bonds is 4. The Labute approximate surface area is 159 Å². The molecule has 1 unspecified atom stereocenters. The van der Waals surface area contributed by atoms with E-state index in [1.165, 1.54) is 25.7 Å². The van der Waals surface area contributed by atoms with E-state index < -0.39 is 0 Å². The van der Waals surface area contributed by atoms with Gasteiger partial charge < -0.3 is 15.5 Å². The van der Waals surface area contributed by atoms with E-state index in [4.69, 9.17) is 0 Å². The van der Waals surface area contributed by atoms with Crippen molar-refractivity contribution < 1.29 is 4.79 Å². The molecule has 6 heteroatoms. The Hall–Kier alpha value is -0.530. The van der Waals surface area contributed by atoms with Crippen LogP contribution in [0.5, 0.6) is 0 Å². The molecule has 0 spiro atoms. The minimum Gasteiger partial charge on any atom is -0.350 e. The number of halogens is 1. The highest BCUT2D eigenvalue weighted by Crippen LogP contribution is 2.33. The van der Waals surface area contributed by atoms with E-state index in [9.17, 15) is 4.79 Å². The molecule has 0 aliphatic carbocycles. The smallest absolute Gasteiger partial charge is 0.239 e. The Kier molecular flexibility index (Phi) is 9.47. The average Bonchev–Trinajstić information content (AvgIpc) is 2.37. The van der Waals surface area contributed by atoms with Gasteiger partial charge in [-0.25, -0.2) is 0 Å². The lowest BCUT2D eigenvalue weighted by molar-refractivity contribution is -0.121. The monoisotopic (exact) mass is 438 g/mol. The summed E-state index contributed by atoms with van der Waals surface area (Å²) in [6.07, 6.45) is 4.92. The standard InChI is InChI=1S/C17H34N4O.HI/c1-7-9-17(5)10-8-11-21(13-17)15(18-6)19-12-14(22)20-16(2,3)4;/h7-13H2,1-6H3,(H,18,19)(H,20,22);1H. The number of guanidine groups is 1. The molecule has 0 bridgehead atoms. The van der Waals surface area contributed by atoms with Crippen LogP contribution in [0.2, 0.25) is 0 Å². The van der Waals surface area contributed by atoms with Crippen LogP contribution in [0.25, 0.3) is 0 Å². The van der Waals surface area contributed by atoms with E-state index in [-0.39, 0.29) is 42.0 Å². The van der Waals surface area contributed by atoms with Crippen molar-refractivity contribution in [3.63, 3.8) is 0 Å². The van der Waals surface area contributed by atoms with Crippen molar-refractivity contribution in [1.82, 2.24) is 15.5 Å². The molecule has 1 atom stereocenters. The Balaban J connectivity index is 0.00000484. The van der Waals surface area contributed by atoms with Gasteiger partial charge in [0.05, 0.1) is 6.54 Å². The molecule has 1 fully saturated rings. The number of likely N-dealkylation sites (tertiary alicyclic amines) is 1. The SMILES string of the molecule is CCCC1(C)CCCN(C(=NC)NCC(=O)NC(C)(C)C)C1.I. The lowest BCUT2D eigenvalue weighted by atomic mass is 9.78. The fraction of sp³-hybridized carbons (Fsp3) is 0.882. The van der Waals surface area contributed by atoms with Crippen molar-refractivity contribution in [3.8, 4) is 0 Å². The zero-order valence-electron chi connectivity index (χ0n) is 15.7. The van der Waals surface area contributed by atoms with Crippen molar-refractivity contribution in [2.24, 2.45) is 10.4 Å². The molecule has 2 N–H and O–H groups in total. The Morgan fingerprint density at radius 1 is 1.35 bits per heavy atom. The third kappa shape index (κ3) is 8.22. The van der Waals surface area contributed by atoms with E-state index in [1.54, 1.807) is 7.05 Å². The number of aliphatic imine (C=N–C) groups is 1. The number of hydrogen-bond donors (Lipinski definition) is 2. The maximum Gasteiger partial charge on any atom is 0.239 e. The first kappa shape index (κ1) is 22.5. The summed E-state index contributed by atoms with van der Waals surface area (Å²) in [6, 6.07) is 0. The number of carbonyl (C=O) groups excluding carboxylic acids is 1. The predicted molar refractivity (Wildman–Crippen MR) is 108 cm³/mol. The number of piperidine rings is 1. The topological polar surface area (TPSA) is 56.7 Å². The second kappa shape index (κ2) is 9.69. The van der Waals surface area contributed by atoms with Crippen molar-refractivity contribution in [1.29, 1.82) is 0 Å². The number of nitrogens with one attached hydrogen (secondary N) is 2. The van der Waals surface area contributed by atoms with Crippen molar-refractivity contribution in [3.05, 3.63) is 0 Å². The van der Waals surface area contributed by atoms with Gasteiger partial charge in [0.15, 0.2) is 5.96 Å². The Bertz CT molecular complexity index is 402. The lowest BCUT2D eigenvalue weighted by Gasteiger charge is -2.42. The summed E-state index contributed by atoms with van der Waals surface area (Å²) in [5, 5.41) is 6.17. The Morgan fingerprint density at radius 3 is 2.52 bits per heavy atom. The molecule has 23 heavy (non-hydrogen) atoms. The van der Waals surface area contributed by atoms with Gasteiger partial charge in [-0.1, -0.05) is 20.3 Å². The summed E-state index contributed by atoms with van der Waals surface area (Å²) in [4.78, 5) is 18.6. The third-order valence-corrected chi connectivity index (χ3v) is 4.07. The summed E-state index contributed by atoms with van der Waals surface area (Å²) in [6.45, 7) is 12.9. The summed E-state index contributed by atoms with van der Waals surface area (Å²) in [7, 11) is 1.79. The third-order valence-electron chi connectivity index (χ3n) is 4.07. The molecule has 1 saturated heterocycles. The molecule has 0 aromatic heterocycles. The van der Waals surface area contributed by atoms with Gasteiger partial charge in [-0.05, 0) is 45.4 Å². The van der Waals surface area contributed by atoms with E-state index in [2.05, 4.69) is 34.4 Å². The maximum absolute atomic E-state index is 11.9. The van der Waals surface area contributed by atoms with Gasteiger partial charge in [0.2, 0.25) is 5.91 Å². The highest BCUT2D eigenvalue weighted by Gasteiger charge is 2.31. The average molecular weight is 438 g/mol. The molecule has 1 rings (SSSR count). The molecule has 136 valence electrons. The van der Waals surface area contributed by atoms with Crippen LogP contribution in [0.1, 0.15) is 60.3 Å². The van der Waals surface area contributed by atoms with Gasteiger partial charge in [-0.3, -0.25) is 9.79 Å². The largest absolute Gasteiger partial charge is 0.350 e. The zero-order chi connectivity index (χ0) is 16.8. The number of amides is 1. The first-order chi connectivity index (χ1) is 10.2. The number of nitrogens with zero attached hydrogens (tertiary/aromatic N) is 2. The van der Waals surface area contributed by atoms with Gasteiger partial charge in [-0.2, -0.15) is 0 Å². The van der Waals surface area contributed by atoms with Crippen LogP contribution >= 0.6 is 24.0 Å². The van der Waals surface area contributed by atoms with Crippen LogP contribution in [0.15, 0.2) is 4.99 Å².